The second-order valence-electron chi connectivity index (χ2n) is 6.49. The molecule has 4 heteroatoms. The van der Waals surface area contributed by atoms with Crippen molar-refractivity contribution in [2.45, 2.75) is 78.4 Å². The van der Waals surface area contributed by atoms with Crippen LogP contribution >= 0.6 is 0 Å². The highest BCUT2D eigenvalue weighted by Crippen LogP contribution is 2.31. The van der Waals surface area contributed by atoms with E-state index in [1.54, 1.807) is 0 Å². The third kappa shape index (κ3) is 11.1. The summed E-state index contributed by atoms with van der Waals surface area (Å²) in [6.45, 7) is 9.92. The molecule has 0 aromatic carbocycles. The Bertz CT molecular complexity index is 209. The number of hydrogen-bond acceptors (Lipinski definition) is 4. The van der Waals surface area contributed by atoms with Crippen molar-refractivity contribution in [3.05, 3.63) is 0 Å². The Balaban J connectivity index is 4.04. The molecule has 128 valence electrons. The highest BCUT2D eigenvalue weighted by Gasteiger charge is 2.21. The lowest BCUT2D eigenvalue weighted by atomic mass is 9.81. The highest BCUT2D eigenvalue weighted by atomic mass is 16.5. The molecule has 0 amide bonds. The first-order valence-corrected chi connectivity index (χ1v) is 8.44. The first-order chi connectivity index (χ1) is 9.99. The van der Waals surface area contributed by atoms with Gasteiger partial charge in [0.2, 0.25) is 0 Å². The molecular formula is C17H36O4. The molecule has 0 bridgehead atoms. The average Bonchev–Trinajstić information content (AvgIpc) is 2.47. The Kier molecular flexibility index (Phi) is 12.3. The van der Waals surface area contributed by atoms with E-state index in [1.807, 2.05) is 0 Å². The standard InChI is InChI=1S/C17H36O4/c1-5-15(20-13-11-18)7-9-17(3,4)10-8-16(6-2)21-14-12-19/h15-16,18-19H,5-14H2,1-4H3. The predicted molar refractivity (Wildman–Crippen MR) is 86.5 cm³/mol. The van der Waals surface area contributed by atoms with E-state index >= 15 is 0 Å². The van der Waals surface area contributed by atoms with Crippen molar-refractivity contribution in [2.24, 2.45) is 5.41 Å². The Morgan fingerprint density at radius 2 is 1.19 bits per heavy atom. The van der Waals surface area contributed by atoms with E-state index in [2.05, 4.69) is 27.7 Å². The first kappa shape index (κ1) is 20.8. The van der Waals surface area contributed by atoms with Gasteiger partial charge in [0, 0.05) is 0 Å². The van der Waals surface area contributed by atoms with Gasteiger partial charge in [0.15, 0.2) is 0 Å². The number of aliphatic hydroxyl groups is 2. The summed E-state index contributed by atoms with van der Waals surface area (Å²) in [6.07, 6.45) is 6.81. The molecule has 2 N–H and O–H groups in total. The Morgan fingerprint density at radius 1 is 0.810 bits per heavy atom. The van der Waals surface area contributed by atoms with Crippen LogP contribution in [0.15, 0.2) is 0 Å². The molecule has 0 saturated heterocycles. The quantitative estimate of drug-likeness (QED) is 0.517. The van der Waals surface area contributed by atoms with E-state index in [0.29, 0.717) is 13.2 Å². The molecule has 2 unspecified atom stereocenters. The average molecular weight is 304 g/mol. The van der Waals surface area contributed by atoms with Crippen LogP contribution in [-0.2, 0) is 9.47 Å². The summed E-state index contributed by atoms with van der Waals surface area (Å²) >= 11 is 0. The fraction of sp³-hybridized carbons (Fsp3) is 1.00. The number of hydrogen-bond donors (Lipinski definition) is 2. The SMILES string of the molecule is CCC(CCC(C)(C)CCC(CC)OCCO)OCCO. The first-order valence-electron chi connectivity index (χ1n) is 8.44. The number of ether oxygens (including phenoxy) is 2. The van der Waals surface area contributed by atoms with Gasteiger partial charge in [-0.3, -0.25) is 0 Å². The minimum atomic E-state index is 0.0975. The van der Waals surface area contributed by atoms with Crippen LogP contribution in [0.4, 0.5) is 0 Å². The minimum Gasteiger partial charge on any atom is -0.394 e. The fourth-order valence-corrected chi connectivity index (χ4v) is 2.48. The van der Waals surface area contributed by atoms with Crippen LogP contribution in [0.2, 0.25) is 0 Å². The smallest absolute Gasteiger partial charge is 0.0701 e. The summed E-state index contributed by atoms with van der Waals surface area (Å²) in [5.74, 6) is 0. The topological polar surface area (TPSA) is 58.9 Å². The molecule has 0 rings (SSSR count). The van der Waals surface area contributed by atoms with Crippen molar-refractivity contribution in [2.75, 3.05) is 26.4 Å². The zero-order valence-electron chi connectivity index (χ0n) is 14.4. The molecule has 0 aromatic rings. The van der Waals surface area contributed by atoms with Crippen LogP contribution in [0, 0.1) is 5.41 Å². The molecule has 0 aliphatic carbocycles. The Morgan fingerprint density at radius 3 is 1.48 bits per heavy atom. The van der Waals surface area contributed by atoms with Crippen molar-refractivity contribution in [3.63, 3.8) is 0 Å². The van der Waals surface area contributed by atoms with Crippen LogP contribution < -0.4 is 0 Å². The second-order valence-corrected chi connectivity index (χ2v) is 6.49. The molecule has 4 nitrogen and oxygen atoms in total. The molecule has 0 spiro atoms. The van der Waals surface area contributed by atoms with Crippen LogP contribution in [0.1, 0.15) is 66.2 Å². The van der Waals surface area contributed by atoms with E-state index in [-0.39, 0.29) is 30.8 Å². The van der Waals surface area contributed by atoms with E-state index in [9.17, 15) is 0 Å². The fourth-order valence-electron chi connectivity index (χ4n) is 2.48. The summed E-state index contributed by atoms with van der Waals surface area (Å²) in [4.78, 5) is 0. The zero-order valence-corrected chi connectivity index (χ0v) is 14.4. The molecule has 0 saturated carbocycles. The third-order valence-corrected chi connectivity index (χ3v) is 4.09. The summed E-state index contributed by atoms with van der Waals surface area (Å²) in [5, 5.41) is 17.7. The second kappa shape index (κ2) is 12.4. The van der Waals surface area contributed by atoms with Gasteiger partial charge >= 0.3 is 0 Å². The monoisotopic (exact) mass is 304 g/mol. The van der Waals surface area contributed by atoms with Gasteiger partial charge in [-0.25, -0.2) is 0 Å². The van der Waals surface area contributed by atoms with Gasteiger partial charge < -0.3 is 19.7 Å². The van der Waals surface area contributed by atoms with E-state index < -0.39 is 0 Å². The van der Waals surface area contributed by atoms with Crippen LogP contribution in [-0.4, -0.2) is 48.8 Å². The molecule has 0 aliphatic rings. The summed E-state index contributed by atoms with van der Waals surface area (Å²) in [5.41, 5.74) is 0.270. The lowest BCUT2D eigenvalue weighted by molar-refractivity contribution is 0.00648. The molecule has 0 radical (unpaired) electrons. The third-order valence-electron chi connectivity index (χ3n) is 4.09. The maximum Gasteiger partial charge on any atom is 0.0701 e. The predicted octanol–water partition coefficient (Wildman–Crippen LogP) is 3.15. The summed E-state index contributed by atoms with van der Waals surface area (Å²) in [7, 11) is 0. The van der Waals surface area contributed by atoms with E-state index in [4.69, 9.17) is 19.7 Å². The lowest BCUT2D eigenvalue weighted by Gasteiger charge is -2.29. The van der Waals surface area contributed by atoms with Gasteiger partial charge in [-0.2, -0.15) is 0 Å². The zero-order chi connectivity index (χ0) is 16.1. The lowest BCUT2D eigenvalue weighted by Crippen LogP contribution is -2.22. The van der Waals surface area contributed by atoms with Gasteiger partial charge in [-0.05, 0) is 43.9 Å². The van der Waals surface area contributed by atoms with Crippen molar-refractivity contribution >= 4 is 0 Å². The van der Waals surface area contributed by atoms with Crippen molar-refractivity contribution in [1.82, 2.24) is 0 Å². The van der Waals surface area contributed by atoms with Gasteiger partial charge in [0.1, 0.15) is 0 Å². The molecule has 0 aliphatic heterocycles. The van der Waals surface area contributed by atoms with Gasteiger partial charge in [-0.1, -0.05) is 27.7 Å². The number of rotatable bonds is 14. The summed E-state index contributed by atoms with van der Waals surface area (Å²) < 4.78 is 11.3. The maximum atomic E-state index is 8.83. The molecular weight excluding hydrogens is 268 g/mol. The van der Waals surface area contributed by atoms with Crippen molar-refractivity contribution < 1.29 is 19.7 Å². The van der Waals surface area contributed by atoms with Crippen molar-refractivity contribution in [1.29, 1.82) is 0 Å². The van der Waals surface area contributed by atoms with Gasteiger partial charge in [0.25, 0.3) is 0 Å². The van der Waals surface area contributed by atoms with Crippen LogP contribution in [0.25, 0.3) is 0 Å². The number of aliphatic hydroxyl groups excluding tert-OH is 2. The normalized spacial score (nSPS) is 15.1. The molecule has 2 atom stereocenters. The van der Waals surface area contributed by atoms with Gasteiger partial charge in [0.05, 0.1) is 38.6 Å². The largest absolute Gasteiger partial charge is 0.394 e. The molecule has 0 aromatic heterocycles. The van der Waals surface area contributed by atoms with Crippen LogP contribution in [0.3, 0.4) is 0 Å². The van der Waals surface area contributed by atoms with E-state index in [1.165, 1.54) is 0 Å². The van der Waals surface area contributed by atoms with Crippen LogP contribution in [0.5, 0.6) is 0 Å². The van der Waals surface area contributed by atoms with E-state index in [0.717, 1.165) is 38.5 Å². The van der Waals surface area contributed by atoms with Gasteiger partial charge in [-0.15, -0.1) is 0 Å². The molecule has 0 fully saturated rings. The Hall–Kier alpha value is -0.160. The summed E-state index contributed by atoms with van der Waals surface area (Å²) in [6, 6.07) is 0. The minimum absolute atomic E-state index is 0.0975. The van der Waals surface area contributed by atoms with Crippen molar-refractivity contribution in [3.8, 4) is 0 Å². The maximum absolute atomic E-state index is 8.83. The molecule has 21 heavy (non-hydrogen) atoms. The Labute approximate surface area is 130 Å². The highest BCUT2D eigenvalue weighted by molar-refractivity contribution is 4.73. The molecule has 0 heterocycles.